The molecule has 0 aromatic heterocycles. The van der Waals surface area contributed by atoms with Crippen molar-refractivity contribution in [2.24, 2.45) is 0 Å². The Kier molecular flexibility index (Phi) is 4.98. The largest absolute Gasteiger partial charge is 0.492 e. The number of nitriles is 2. The Labute approximate surface area is 141 Å². The van der Waals surface area contributed by atoms with Gasteiger partial charge >= 0.3 is 0 Å². The van der Waals surface area contributed by atoms with E-state index >= 15 is 0 Å². The highest BCUT2D eigenvalue weighted by molar-refractivity contribution is 5.83. The van der Waals surface area contributed by atoms with Crippen LogP contribution < -0.4 is 10.1 Å². The second kappa shape index (κ2) is 7.33. The highest BCUT2D eigenvalue weighted by Crippen LogP contribution is 2.22. The SMILES string of the molecule is N#Cc1ccc(OC[C@H]2CC[C@@H](C(=O)N3CCC[C@H]3C#N)N2)cc1. The summed E-state index contributed by atoms with van der Waals surface area (Å²) in [4.78, 5) is 14.3. The van der Waals surface area contributed by atoms with Crippen molar-refractivity contribution in [3.05, 3.63) is 29.8 Å². The zero-order chi connectivity index (χ0) is 16.9. The van der Waals surface area contributed by atoms with Gasteiger partial charge in [-0.3, -0.25) is 10.1 Å². The van der Waals surface area contributed by atoms with E-state index in [4.69, 9.17) is 15.3 Å². The smallest absolute Gasteiger partial charge is 0.240 e. The third-order valence-electron chi connectivity index (χ3n) is 4.66. The molecule has 0 aliphatic carbocycles. The van der Waals surface area contributed by atoms with Crippen LogP contribution in [0.5, 0.6) is 5.75 Å². The van der Waals surface area contributed by atoms with E-state index in [1.54, 1.807) is 29.2 Å². The molecule has 2 heterocycles. The van der Waals surface area contributed by atoms with Crippen LogP contribution in [0, 0.1) is 22.7 Å². The second-order valence-corrected chi connectivity index (χ2v) is 6.26. The molecule has 1 aromatic rings. The van der Waals surface area contributed by atoms with E-state index in [1.165, 1.54) is 0 Å². The molecular formula is C18H20N4O2. The predicted molar refractivity (Wildman–Crippen MR) is 86.9 cm³/mol. The average Bonchev–Trinajstić information content (AvgIpc) is 3.29. The molecule has 3 rings (SSSR count). The second-order valence-electron chi connectivity index (χ2n) is 6.26. The number of benzene rings is 1. The maximum absolute atomic E-state index is 12.5. The minimum absolute atomic E-state index is 0.0416. The summed E-state index contributed by atoms with van der Waals surface area (Å²) in [5, 5.41) is 21.2. The van der Waals surface area contributed by atoms with Crippen LogP contribution in [0.2, 0.25) is 0 Å². The first kappa shape index (κ1) is 16.3. The molecule has 24 heavy (non-hydrogen) atoms. The number of hydrogen-bond acceptors (Lipinski definition) is 5. The van der Waals surface area contributed by atoms with Crippen molar-refractivity contribution in [3.8, 4) is 17.9 Å². The van der Waals surface area contributed by atoms with Crippen molar-refractivity contribution in [1.82, 2.24) is 10.2 Å². The van der Waals surface area contributed by atoms with Crippen molar-refractivity contribution >= 4 is 5.91 Å². The Morgan fingerprint density at radius 3 is 2.75 bits per heavy atom. The van der Waals surface area contributed by atoms with Gasteiger partial charge in [-0.15, -0.1) is 0 Å². The number of ether oxygens (including phenoxy) is 1. The molecule has 2 aliphatic rings. The molecule has 0 bridgehead atoms. The molecule has 0 unspecified atom stereocenters. The number of amides is 1. The molecule has 2 aliphatic heterocycles. The van der Waals surface area contributed by atoms with Crippen molar-refractivity contribution in [2.45, 2.75) is 43.8 Å². The van der Waals surface area contributed by atoms with Crippen LogP contribution in [-0.2, 0) is 4.79 Å². The maximum Gasteiger partial charge on any atom is 0.240 e. The normalized spacial score (nSPS) is 25.9. The molecule has 1 aromatic carbocycles. The summed E-state index contributed by atoms with van der Waals surface area (Å²) in [5.74, 6) is 0.759. The van der Waals surface area contributed by atoms with E-state index in [-0.39, 0.29) is 24.0 Å². The fourth-order valence-electron chi connectivity index (χ4n) is 3.33. The summed E-state index contributed by atoms with van der Waals surface area (Å²) in [6, 6.07) is 10.9. The Morgan fingerprint density at radius 2 is 2.04 bits per heavy atom. The molecule has 2 fully saturated rings. The first-order chi connectivity index (χ1) is 11.7. The van der Waals surface area contributed by atoms with Gasteiger partial charge in [0.2, 0.25) is 5.91 Å². The van der Waals surface area contributed by atoms with Gasteiger partial charge < -0.3 is 9.64 Å². The number of likely N-dealkylation sites (tertiary alicyclic amines) is 1. The summed E-state index contributed by atoms with van der Waals surface area (Å²) < 4.78 is 5.74. The van der Waals surface area contributed by atoms with Crippen LogP contribution in [0.1, 0.15) is 31.2 Å². The predicted octanol–water partition coefficient (Wildman–Crippen LogP) is 1.57. The highest BCUT2D eigenvalue weighted by Gasteiger charge is 2.36. The molecular weight excluding hydrogens is 304 g/mol. The lowest BCUT2D eigenvalue weighted by Gasteiger charge is -2.23. The molecule has 124 valence electrons. The van der Waals surface area contributed by atoms with Gasteiger partial charge in [0, 0.05) is 12.6 Å². The number of carbonyl (C=O) groups excluding carboxylic acids is 1. The Morgan fingerprint density at radius 1 is 1.25 bits per heavy atom. The molecule has 1 N–H and O–H groups in total. The highest BCUT2D eigenvalue weighted by atomic mass is 16.5. The van der Waals surface area contributed by atoms with Gasteiger partial charge in [0.15, 0.2) is 0 Å². The monoisotopic (exact) mass is 324 g/mol. The third kappa shape index (κ3) is 3.50. The fraction of sp³-hybridized carbons (Fsp3) is 0.500. The van der Waals surface area contributed by atoms with E-state index in [2.05, 4.69) is 17.5 Å². The molecule has 2 saturated heterocycles. The van der Waals surface area contributed by atoms with E-state index in [0.29, 0.717) is 18.7 Å². The standard InChI is InChI=1S/C18H20N4O2/c19-10-13-3-6-16(7-4-13)24-12-14-5-8-17(21-14)18(23)22-9-1-2-15(22)11-20/h3-4,6-7,14-15,17,21H,1-2,5,8-9,12H2/t14-,15+,17+/m1/s1. The molecule has 0 saturated carbocycles. The maximum atomic E-state index is 12.5. The topological polar surface area (TPSA) is 89.2 Å². The van der Waals surface area contributed by atoms with Crippen molar-refractivity contribution in [1.29, 1.82) is 10.5 Å². The Balaban J connectivity index is 1.49. The van der Waals surface area contributed by atoms with Gasteiger partial charge in [-0.25, -0.2) is 0 Å². The van der Waals surface area contributed by atoms with Crippen LogP contribution in [0.4, 0.5) is 0 Å². The lowest BCUT2D eigenvalue weighted by Crippen LogP contribution is -2.47. The number of carbonyl (C=O) groups is 1. The lowest BCUT2D eigenvalue weighted by molar-refractivity contribution is -0.133. The van der Waals surface area contributed by atoms with Gasteiger partial charge in [-0.1, -0.05) is 0 Å². The van der Waals surface area contributed by atoms with Gasteiger partial charge in [-0.2, -0.15) is 10.5 Å². The van der Waals surface area contributed by atoms with Gasteiger partial charge in [0.25, 0.3) is 0 Å². The van der Waals surface area contributed by atoms with Crippen molar-refractivity contribution in [3.63, 3.8) is 0 Å². The summed E-state index contributed by atoms with van der Waals surface area (Å²) >= 11 is 0. The molecule has 0 radical (unpaired) electrons. The molecule has 6 heteroatoms. The molecule has 1 amide bonds. The first-order valence-electron chi connectivity index (χ1n) is 8.30. The zero-order valence-corrected chi connectivity index (χ0v) is 13.4. The number of nitrogens with zero attached hydrogens (tertiary/aromatic N) is 3. The Bertz CT molecular complexity index is 674. The quantitative estimate of drug-likeness (QED) is 0.908. The van der Waals surface area contributed by atoms with Gasteiger partial charge in [-0.05, 0) is 49.9 Å². The molecule has 6 nitrogen and oxygen atoms in total. The Hall–Kier alpha value is -2.57. The van der Waals surface area contributed by atoms with Crippen LogP contribution >= 0.6 is 0 Å². The van der Waals surface area contributed by atoms with Crippen LogP contribution in [0.25, 0.3) is 0 Å². The first-order valence-corrected chi connectivity index (χ1v) is 8.30. The number of rotatable bonds is 4. The van der Waals surface area contributed by atoms with Crippen LogP contribution in [0.3, 0.4) is 0 Å². The summed E-state index contributed by atoms with van der Waals surface area (Å²) in [6.07, 6.45) is 3.33. The summed E-state index contributed by atoms with van der Waals surface area (Å²) in [6.45, 7) is 1.17. The number of hydrogen-bond donors (Lipinski definition) is 1. The number of nitrogens with one attached hydrogen (secondary N) is 1. The summed E-state index contributed by atoms with van der Waals surface area (Å²) in [7, 11) is 0. The van der Waals surface area contributed by atoms with Gasteiger partial charge in [0.1, 0.15) is 18.4 Å². The minimum atomic E-state index is -0.270. The molecule has 3 atom stereocenters. The van der Waals surface area contributed by atoms with Crippen LogP contribution in [-0.4, -0.2) is 42.1 Å². The zero-order valence-electron chi connectivity index (χ0n) is 13.4. The van der Waals surface area contributed by atoms with E-state index < -0.39 is 0 Å². The summed E-state index contributed by atoms with van der Waals surface area (Å²) in [5.41, 5.74) is 0.602. The van der Waals surface area contributed by atoms with Crippen molar-refractivity contribution < 1.29 is 9.53 Å². The van der Waals surface area contributed by atoms with E-state index in [0.717, 1.165) is 31.4 Å². The lowest BCUT2D eigenvalue weighted by atomic mass is 10.1. The minimum Gasteiger partial charge on any atom is -0.492 e. The fourth-order valence-corrected chi connectivity index (χ4v) is 3.33. The van der Waals surface area contributed by atoms with E-state index in [9.17, 15) is 4.79 Å². The third-order valence-corrected chi connectivity index (χ3v) is 4.66. The average molecular weight is 324 g/mol. The van der Waals surface area contributed by atoms with Crippen molar-refractivity contribution in [2.75, 3.05) is 13.2 Å². The van der Waals surface area contributed by atoms with Crippen LogP contribution in [0.15, 0.2) is 24.3 Å². The van der Waals surface area contributed by atoms with E-state index in [1.807, 2.05) is 0 Å². The molecule has 0 spiro atoms. The van der Waals surface area contributed by atoms with Gasteiger partial charge in [0.05, 0.1) is 23.7 Å².